The fraction of sp³-hybridized carbons (Fsp3) is 0.0500. The van der Waals surface area contributed by atoms with E-state index >= 15 is 0 Å². The minimum Gasteiger partial charge on any atom is -0.436 e. The summed E-state index contributed by atoms with van der Waals surface area (Å²) < 4.78 is 5.38. The first-order valence-electron chi connectivity index (χ1n) is 8.18. The Morgan fingerprint density at radius 2 is 1.64 bits per heavy atom. The molecule has 8 heteroatoms. The smallest absolute Gasteiger partial charge is 0.269 e. The average molecular weight is 373 g/mol. The van der Waals surface area contributed by atoms with Crippen LogP contribution in [0.5, 0.6) is 0 Å². The summed E-state index contributed by atoms with van der Waals surface area (Å²) in [7, 11) is 0. The van der Waals surface area contributed by atoms with E-state index in [0.29, 0.717) is 5.56 Å². The van der Waals surface area contributed by atoms with Gasteiger partial charge in [0.1, 0.15) is 11.6 Å². The maximum absolute atomic E-state index is 13.2. The molecule has 0 radical (unpaired) electrons. The van der Waals surface area contributed by atoms with Crippen molar-refractivity contribution in [3.05, 3.63) is 98.1 Å². The number of nitrogens with two attached hydrogens (primary N) is 1. The number of carbonyl (C=O) groups excluding carboxylic acids is 2. The van der Waals surface area contributed by atoms with Gasteiger partial charge in [0.15, 0.2) is 11.5 Å². The Labute approximate surface area is 158 Å². The molecular weight excluding hydrogens is 362 g/mol. The van der Waals surface area contributed by atoms with E-state index in [0.717, 1.165) is 0 Å². The standard InChI is InChI=1S/C20H11N3O5/c21-9-14-15(10-5-7-11(8-6-10)23(26)27)16-17(24)12-3-1-2-4-13(12)18(25)19(16)28-20(14)22/h1-8,15H,22H2/t15-/m1/s1. The Bertz CT molecular complexity index is 1170. The molecule has 1 heterocycles. The summed E-state index contributed by atoms with van der Waals surface area (Å²) >= 11 is 0. The van der Waals surface area contributed by atoms with Gasteiger partial charge in [-0.2, -0.15) is 5.26 Å². The number of nitrogens with zero attached hydrogens (tertiary/aromatic N) is 2. The zero-order valence-corrected chi connectivity index (χ0v) is 14.2. The van der Waals surface area contributed by atoms with Crippen LogP contribution in [-0.4, -0.2) is 16.5 Å². The first-order valence-corrected chi connectivity index (χ1v) is 8.18. The van der Waals surface area contributed by atoms with E-state index in [2.05, 4.69) is 0 Å². The number of carbonyl (C=O) groups is 2. The van der Waals surface area contributed by atoms with Crippen molar-refractivity contribution in [2.75, 3.05) is 0 Å². The third-order valence-corrected chi connectivity index (χ3v) is 4.72. The molecule has 28 heavy (non-hydrogen) atoms. The first-order chi connectivity index (χ1) is 13.4. The quantitative estimate of drug-likeness (QED) is 0.631. The number of Topliss-reactive ketones (excluding diaryl/α,β-unsaturated/α-hetero) is 2. The zero-order valence-electron chi connectivity index (χ0n) is 14.2. The van der Waals surface area contributed by atoms with E-state index in [-0.39, 0.29) is 39.6 Å². The highest BCUT2D eigenvalue weighted by atomic mass is 16.6. The van der Waals surface area contributed by atoms with Gasteiger partial charge in [0.25, 0.3) is 5.69 Å². The van der Waals surface area contributed by atoms with Crippen LogP contribution in [0.4, 0.5) is 5.69 Å². The molecule has 8 nitrogen and oxygen atoms in total. The third-order valence-electron chi connectivity index (χ3n) is 4.72. The molecule has 1 aliphatic heterocycles. The lowest BCUT2D eigenvalue weighted by atomic mass is 9.75. The van der Waals surface area contributed by atoms with Crippen LogP contribution in [0.1, 0.15) is 32.2 Å². The first kappa shape index (κ1) is 17.2. The monoisotopic (exact) mass is 373 g/mol. The molecule has 2 aromatic carbocycles. The van der Waals surface area contributed by atoms with E-state index < -0.39 is 22.4 Å². The number of fused-ring (bicyclic) bond motifs is 1. The lowest BCUT2D eigenvalue weighted by Crippen LogP contribution is -2.32. The summed E-state index contributed by atoms with van der Waals surface area (Å²) in [6.07, 6.45) is 0. The molecule has 2 aromatic rings. The molecule has 0 spiro atoms. The third kappa shape index (κ3) is 2.38. The molecule has 0 saturated heterocycles. The van der Waals surface area contributed by atoms with E-state index in [1.807, 2.05) is 6.07 Å². The largest absolute Gasteiger partial charge is 0.436 e. The highest BCUT2D eigenvalue weighted by Crippen LogP contribution is 2.44. The Hall–Kier alpha value is -4.25. The van der Waals surface area contributed by atoms with Crippen LogP contribution < -0.4 is 5.73 Å². The average Bonchev–Trinajstić information content (AvgIpc) is 2.71. The minimum absolute atomic E-state index is 0.00306. The maximum Gasteiger partial charge on any atom is 0.269 e. The molecule has 2 N–H and O–H groups in total. The molecule has 2 aliphatic rings. The van der Waals surface area contributed by atoms with Gasteiger partial charge in [0, 0.05) is 23.3 Å². The number of ketones is 2. The zero-order chi connectivity index (χ0) is 20.0. The Morgan fingerprint density at radius 1 is 1.04 bits per heavy atom. The summed E-state index contributed by atoms with van der Waals surface area (Å²) in [6.45, 7) is 0. The summed E-state index contributed by atoms with van der Waals surface area (Å²) in [5.41, 5.74) is 6.51. The van der Waals surface area contributed by atoms with Gasteiger partial charge in [0.05, 0.1) is 16.4 Å². The number of benzene rings is 2. The Balaban J connectivity index is 1.93. The van der Waals surface area contributed by atoms with Crippen LogP contribution in [0.25, 0.3) is 0 Å². The summed E-state index contributed by atoms with van der Waals surface area (Å²) in [6, 6.07) is 13.6. The van der Waals surface area contributed by atoms with Crippen LogP contribution >= 0.6 is 0 Å². The van der Waals surface area contributed by atoms with Crippen LogP contribution in [-0.2, 0) is 4.74 Å². The summed E-state index contributed by atoms with van der Waals surface area (Å²) in [5, 5.41) is 20.5. The van der Waals surface area contributed by atoms with Gasteiger partial charge in [-0.05, 0) is 5.56 Å². The van der Waals surface area contributed by atoms with Gasteiger partial charge in [-0.25, -0.2) is 0 Å². The predicted molar refractivity (Wildman–Crippen MR) is 95.9 cm³/mol. The van der Waals surface area contributed by atoms with Gasteiger partial charge < -0.3 is 10.5 Å². The summed E-state index contributed by atoms with van der Waals surface area (Å²) in [5.74, 6) is -2.40. The van der Waals surface area contributed by atoms with Crippen molar-refractivity contribution in [1.29, 1.82) is 5.26 Å². The van der Waals surface area contributed by atoms with Crippen molar-refractivity contribution in [1.82, 2.24) is 0 Å². The number of nitro benzene ring substituents is 1. The molecule has 0 aromatic heterocycles. The van der Waals surface area contributed by atoms with E-state index in [9.17, 15) is 25.0 Å². The number of non-ortho nitro benzene ring substituents is 1. The molecule has 0 unspecified atom stereocenters. The Kier molecular flexibility index (Phi) is 3.79. The van der Waals surface area contributed by atoms with Crippen molar-refractivity contribution >= 4 is 17.3 Å². The van der Waals surface area contributed by atoms with Crippen LogP contribution in [0, 0.1) is 21.4 Å². The molecule has 1 atom stereocenters. The molecule has 4 rings (SSSR count). The molecule has 0 bridgehead atoms. The second-order valence-corrected chi connectivity index (χ2v) is 6.22. The molecule has 136 valence electrons. The van der Waals surface area contributed by atoms with Gasteiger partial charge >= 0.3 is 0 Å². The fourth-order valence-corrected chi connectivity index (χ4v) is 3.43. The highest BCUT2D eigenvalue weighted by Gasteiger charge is 2.43. The van der Waals surface area contributed by atoms with Gasteiger partial charge in [-0.1, -0.05) is 36.4 Å². The second kappa shape index (κ2) is 6.17. The number of ether oxygens (including phenoxy) is 1. The van der Waals surface area contributed by atoms with Crippen molar-refractivity contribution in [3.8, 4) is 6.07 Å². The van der Waals surface area contributed by atoms with Crippen molar-refractivity contribution < 1.29 is 19.2 Å². The number of hydrogen-bond donors (Lipinski definition) is 1. The maximum atomic E-state index is 13.2. The Morgan fingerprint density at radius 3 is 2.21 bits per heavy atom. The molecule has 0 amide bonds. The van der Waals surface area contributed by atoms with E-state index in [1.54, 1.807) is 12.1 Å². The second-order valence-electron chi connectivity index (χ2n) is 6.22. The minimum atomic E-state index is -0.959. The fourth-order valence-electron chi connectivity index (χ4n) is 3.43. The lowest BCUT2D eigenvalue weighted by Gasteiger charge is -2.30. The molecule has 1 aliphatic carbocycles. The van der Waals surface area contributed by atoms with E-state index in [4.69, 9.17) is 10.5 Å². The molecule has 0 fully saturated rings. The highest BCUT2D eigenvalue weighted by molar-refractivity contribution is 6.27. The molecular formula is C20H11N3O5. The van der Waals surface area contributed by atoms with Crippen LogP contribution in [0.3, 0.4) is 0 Å². The predicted octanol–water partition coefficient (Wildman–Crippen LogP) is 2.74. The van der Waals surface area contributed by atoms with Crippen LogP contribution in [0.15, 0.2) is 71.3 Å². The number of rotatable bonds is 2. The normalized spacial score (nSPS) is 18.2. The lowest BCUT2D eigenvalue weighted by molar-refractivity contribution is -0.384. The SMILES string of the molecule is N#CC1=C(N)OC2=C(C(=O)c3ccccc3C2=O)[C@@H]1c1ccc([N+](=O)[O-])cc1. The number of allylic oxidation sites excluding steroid dienone is 3. The number of nitriles is 1. The van der Waals surface area contributed by atoms with Crippen molar-refractivity contribution in [2.45, 2.75) is 5.92 Å². The van der Waals surface area contributed by atoms with Crippen LogP contribution in [0.2, 0.25) is 0 Å². The van der Waals surface area contributed by atoms with Crippen molar-refractivity contribution in [2.24, 2.45) is 5.73 Å². The van der Waals surface area contributed by atoms with Gasteiger partial charge in [-0.15, -0.1) is 0 Å². The topological polar surface area (TPSA) is 136 Å². The number of nitro groups is 1. The van der Waals surface area contributed by atoms with Gasteiger partial charge in [-0.3, -0.25) is 19.7 Å². The molecule has 0 saturated carbocycles. The van der Waals surface area contributed by atoms with E-state index in [1.165, 1.54) is 36.4 Å². The summed E-state index contributed by atoms with van der Waals surface area (Å²) in [4.78, 5) is 36.4. The van der Waals surface area contributed by atoms with Gasteiger partial charge in [0.2, 0.25) is 11.7 Å². The number of hydrogen-bond acceptors (Lipinski definition) is 7. The van der Waals surface area contributed by atoms with Crippen molar-refractivity contribution in [3.63, 3.8) is 0 Å².